The first-order valence-corrected chi connectivity index (χ1v) is 7.75. The van der Waals surface area contributed by atoms with E-state index in [-0.39, 0.29) is 28.0 Å². The Kier molecular flexibility index (Phi) is 5.21. The zero-order chi connectivity index (χ0) is 14.7. The molecule has 20 heavy (non-hydrogen) atoms. The summed E-state index contributed by atoms with van der Waals surface area (Å²) in [6.45, 7) is -0.339. The predicted molar refractivity (Wildman–Crippen MR) is 83.1 cm³/mol. The summed E-state index contributed by atoms with van der Waals surface area (Å²) in [6, 6.07) is 8.06. The molecule has 2 aromatic rings. The molecule has 0 fully saturated rings. The van der Waals surface area contributed by atoms with Gasteiger partial charge >= 0.3 is 5.97 Å². The van der Waals surface area contributed by atoms with E-state index >= 15 is 0 Å². The number of hydrogen-bond acceptors (Lipinski definition) is 4. The van der Waals surface area contributed by atoms with Gasteiger partial charge in [0.2, 0.25) is 5.78 Å². The molecule has 0 aliphatic carbocycles. The maximum absolute atomic E-state index is 11.8. The number of carbonyl (C=O) groups excluding carboxylic acids is 2. The SMILES string of the molecule is O=C(COC(=O)c1cccc(Cl)c1Cl)c1ccc(Br)s1. The summed E-state index contributed by atoms with van der Waals surface area (Å²) >= 11 is 16.2. The minimum atomic E-state index is -0.679. The normalized spacial score (nSPS) is 10.3. The molecule has 0 saturated heterocycles. The fourth-order valence-corrected chi connectivity index (χ4v) is 3.09. The van der Waals surface area contributed by atoms with Crippen molar-refractivity contribution in [2.24, 2.45) is 0 Å². The first kappa shape index (κ1) is 15.5. The Bertz CT molecular complexity index is 669. The van der Waals surface area contributed by atoms with Crippen LogP contribution in [-0.4, -0.2) is 18.4 Å². The van der Waals surface area contributed by atoms with Gasteiger partial charge in [-0.1, -0.05) is 29.3 Å². The zero-order valence-electron chi connectivity index (χ0n) is 9.86. The Hall–Kier alpha value is -0.880. The molecule has 0 spiro atoms. The molecular formula is C13H7BrCl2O3S. The topological polar surface area (TPSA) is 43.4 Å². The Morgan fingerprint density at radius 1 is 1.20 bits per heavy atom. The van der Waals surface area contributed by atoms with Gasteiger partial charge in [-0.2, -0.15) is 0 Å². The number of esters is 1. The zero-order valence-corrected chi connectivity index (χ0v) is 13.8. The minimum Gasteiger partial charge on any atom is -0.454 e. The lowest BCUT2D eigenvalue weighted by molar-refractivity contribution is 0.0476. The summed E-state index contributed by atoms with van der Waals surface area (Å²) in [5, 5.41) is 0.375. The first-order valence-electron chi connectivity index (χ1n) is 5.38. The average molecular weight is 394 g/mol. The molecule has 0 amide bonds. The largest absolute Gasteiger partial charge is 0.454 e. The third-order valence-corrected chi connectivity index (χ3v) is 4.84. The van der Waals surface area contributed by atoms with Crippen LogP contribution in [0.3, 0.4) is 0 Å². The molecule has 1 aromatic heterocycles. The molecule has 1 heterocycles. The van der Waals surface area contributed by atoms with E-state index in [1.165, 1.54) is 17.4 Å². The molecule has 0 saturated carbocycles. The second-order valence-corrected chi connectivity index (χ2v) is 6.95. The molecule has 7 heteroatoms. The summed E-state index contributed by atoms with van der Waals surface area (Å²) in [6.07, 6.45) is 0. The van der Waals surface area contributed by atoms with E-state index in [0.29, 0.717) is 4.88 Å². The quantitative estimate of drug-likeness (QED) is 0.550. The van der Waals surface area contributed by atoms with Gasteiger partial charge in [0, 0.05) is 0 Å². The van der Waals surface area contributed by atoms with Crippen molar-refractivity contribution >= 4 is 62.2 Å². The maximum Gasteiger partial charge on any atom is 0.340 e. The molecular weight excluding hydrogens is 387 g/mol. The van der Waals surface area contributed by atoms with Crippen LogP contribution in [0.2, 0.25) is 10.0 Å². The molecule has 0 aliphatic rings. The van der Waals surface area contributed by atoms with Gasteiger partial charge in [0.15, 0.2) is 6.61 Å². The lowest BCUT2D eigenvalue weighted by Crippen LogP contribution is -2.13. The average Bonchev–Trinajstić information content (AvgIpc) is 2.85. The Balaban J connectivity index is 2.02. The van der Waals surface area contributed by atoms with Gasteiger partial charge in [-0.05, 0) is 40.2 Å². The van der Waals surface area contributed by atoms with Gasteiger partial charge in [0.05, 0.1) is 24.3 Å². The number of rotatable bonds is 4. The Labute approximate surface area is 137 Å². The van der Waals surface area contributed by atoms with E-state index in [2.05, 4.69) is 15.9 Å². The van der Waals surface area contributed by atoms with Crippen molar-refractivity contribution in [2.75, 3.05) is 6.61 Å². The highest BCUT2D eigenvalue weighted by molar-refractivity contribution is 9.11. The maximum atomic E-state index is 11.8. The highest BCUT2D eigenvalue weighted by Gasteiger charge is 2.16. The summed E-state index contributed by atoms with van der Waals surface area (Å²) < 4.78 is 5.79. The van der Waals surface area contributed by atoms with E-state index in [9.17, 15) is 9.59 Å². The number of benzene rings is 1. The van der Waals surface area contributed by atoms with E-state index in [4.69, 9.17) is 27.9 Å². The smallest absolute Gasteiger partial charge is 0.340 e. The lowest BCUT2D eigenvalue weighted by Gasteiger charge is -2.05. The standard InChI is InChI=1S/C13H7BrCl2O3S/c14-11-5-4-10(20-11)9(17)6-19-13(18)7-2-1-3-8(15)12(7)16/h1-5H,6H2. The number of Topliss-reactive ketones (excluding diaryl/α,β-unsaturated/α-hetero) is 1. The molecule has 0 N–H and O–H groups in total. The molecule has 0 radical (unpaired) electrons. The van der Waals surface area contributed by atoms with Crippen LogP contribution in [0, 0.1) is 0 Å². The number of thiophene rings is 1. The predicted octanol–water partition coefficient (Wildman–Crippen LogP) is 4.86. The van der Waals surface area contributed by atoms with Crippen LogP contribution in [0.15, 0.2) is 34.1 Å². The fraction of sp³-hybridized carbons (Fsp3) is 0.0769. The van der Waals surface area contributed by atoms with Gasteiger partial charge in [-0.3, -0.25) is 4.79 Å². The molecule has 2 rings (SSSR count). The van der Waals surface area contributed by atoms with E-state index in [0.717, 1.165) is 3.79 Å². The number of ether oxygens (including phenoxy) is 1. The van der Waals surface area contributed by atoms with Crippen LogP contribution in [0.5, 0.6) is 0 Å². The third-order valence-electron chi connectivity index (χ3n) is 2.35. The van der Waals surface area contributed by atoms with Crippen molar-refractivity contribution in [1.29, 1.82) is 0 Å². The molecule has 3 nitrogen and oxygen atoms in total. The fourth-order valence-electron chi connectivity index (χ4n) is 1.41. The van der Waals surface area contributed by atoms with Crippen LogP contribution < -0.4 is 0 Å². The molecule has 1 aromatic carbocycles. The third kappa shape index (κ3) is 3.61. The first-order chi connectivity index (χ1) is 9.49. The van der Waals surface area contributed by atoms with Crippen molar-refractivity contribution < 1.29 is 14.3 Å². The van der Waals surface area contributed by atoms with Crippen molar-refractivity contribution in [3.05, 3.63) is 54.6 Å². The second-order valence-electron chi connectivity index (χ2n) is 3.70. The summed E-state index contributed by atoms with van der Waals surface area (Å²) in [5.41, 5.74) is 0.138. The molecule has 104 valence electrons. The number of ketones is 1. The van der Waals surface area contributed by atoms with E-state index in [1.807, 2.05) is 0 Å². The lowest BCUT2D eigenvalue weighted by atomic mass is 10.2. The minimum absolute atomic E-state index is 0.116. The molecule has 0 unspecified atom stereocenters. The van der Waals surface area contributed by atoms with Crippen LogP contribution in [0.25, 0.3) is 0 Å². The number of hydrogen-bond donors (Lipinski definition) is 0. The van der Waals surface area contributed by atoms with Gasteiger partial charge < -0.3 is 4.74 Å². The Morgan fingerprint density at radius 2 is 1.95 bits per heavy atom. The Morgan fingerprint density at radius 3 is 2.60 bits per heavy atom. The van der Waals surface area contributed by atoms with Gasteiger partial charge in [0.1, 0.15) is 0 Å². The second kappa shape index (κ2) is 6.72. The monoisotopic (exact) mass is 392 g/mol. The van der Waals surface area contributed by atoms with Crippen molar-refractivity contribution in [3.8, 4) is 0 Å². The molecule has 0 aliphatic heterocycles. The van der Waals surface area contributed by atoms with Crippen LogP contribution >= 0.6 is 50.5 Å². The summed E-state index contributed by atoms with van der Waals surface area (Å²) in [5.74, 6) is -0.950. The highest BCUT2D eigenvalue weighted by Crippen LogP contribution is 2.26. The van der Waals surface area contributed by atoms with Crippen LogP contribution in [-0.2, 0) is 4.74 Å². The summed E-state index contributed by atoms with van der Waals surface area (Å²) in [4.78, 5) is 24.1. The number of halogens is 3. The van der Waals surface area contributed by atoms with Gasteiger partial charge in [0.25, 0.3) is 0 Å². The molecule has 0 atom stereocenters. The van der Waals surface area contributed by atoms with E-state index in [1.54, 1.807) is 24.3 Å². The molecule has 0 bridgehead atoms. The van der Waals surface area contributed by atoms with Crippen LogP contribution in [0.4, 0.5) is 0 Å². The van der Waals surface area contributed by atoms with E-state index < -0.39 is 5.97 Å². The van der Waals surface area contributed by atoms with Crippen LogP contribution in [0.1, 0.15) is 20.0 Å². The van der Waals surface area contributed by atoms with Gasteiger partial charge in [-0.15, -0.1) is 11.3 Å². The number of carbonyl (C=O) groups is 2. The highest BCUT2D eigenvalue weighted by atomic mass is 79.9. The summed E-state index contributed by atoms with van der Waals surface area (Å²) in [7, 11) is 0. The van der Waals surface area contributed by atoms with Crippen molar-refractivity contribution in [2.45, 2.75) is 0 Å². The van der Waals surface area contributed by atoms with Crippen molar-refractivity contribution in [3.63, 3.8) is 0 Å². The van der Waals surface area contributed by atoms with Gasteiger partial charge in [-0.25, -0.2) is 4.79 Å². The van der Waals surface area contributed by atoms with Crippen molar-refractivity contribution in [1.82, 2.24) is 0 Å².